The van der Waals surface area contributed by atoms with Crippen molar-refractivity contribution in [3.05, 3.63) is 29.3 Å². The Kier molecular flexibility index (Phi) is 3.78. The SMILES string of the molecule is O=C(NS(=O)(=O)Cl)Oc1ccc(Cl)cc1. The molecule has 0 fully saturated rings. The first-order chi connectivity index (χ1) is 6.87. The molecular weight excluding hydrogens is 265 g/mol. The van der Waals surface area contributed by atoms with Crippen LogP contribution in [0.3, 0.4) is 0 Å². The second-order valence-corrected chi connectivity index (χ2v) is 5.12. The minimum Gasteiger partial charge on any atom is -0.410 e. The van der Waals surface area contributed by atoms with Gasteiger partial charge in [0.05, 0.1) is 0 Å². The van der Waals surface area contributed by atoms with Gasteiger partial charge in [0.2, 0.25) is 0 Å². The Bertz CT molecular complexity index is 456. The van der Waals surface area contributed by atoms with Gasteiger partial charge in [-0.15, -0.1) is 0 Å². The molecule has 5 nitrogen and oxygen atoms in total. The molecule has 0 spiro atoms. The molecule has 0 unspecified atom stereocenters. The molecule has 8 heteroatoms. The number of hydrogen-bond donors (Lipinski definition) is 1. The zero-order valence-electron chi connectivity index (χ0n) is 7.11. The smallest absolute Gasteiger partial charge is 0.410 e. The summed E-state index contributed by atoms with van der Waals surface area (Å²) in [4.78, 5) is 10.9. The maximum absolute atomic E-state index is 10.9. The fourth-order valence-corrected chi connectivity index (χ4v) is 1.29. The summed E-state index contributed by atoms with van der Waals surface area (Å²) < 4.78 is 26.8. The Morgan fingerprint density at radius 2 is 1.80 bits per heavy atom. The monoisotopic (exact) mass is 269 g/mol. The quantitative estimate of drug-likeness (QED) is 0.833. The van der Waals surface area contributed by atoms with E-state index >= 15 is 0 Å². The Labute approximate surface area is 95.5 Å². The van der Waals surface area contributed by atoms with Crippen LogP contribution < -0.4 is 9.46 Å². The van der Waals surface area contributed by atoms with Gasteiger partial charge < -0.3 is 4.74 Å². The van der Waals surface area contributed by atoms with Gasteiger partial charge in [-0.05, 0) is 24.3 Å². The molecule has 0 saturated heterocycles. The molecule has 1 rings (SSSR count). The van der Waals surface area contributed by atoms with Crippen LogP contribution in [0.4, 0.5) is 4.79 Å². The molecule has 1 amide bonds. The lowest BCUT2D eigenvalue weighted by Crippen LogP contribution is -2.29. The molecule has 0 atom stereocenters. The topological polar surface area (TPSA) is 72.5 Å². The summed E-state index contributed by atoms with van der Waals surface area (Å²) in [5.74, 6) is 0.150. The largest absolute Gasteiger partial charge is 0.427 e. The molecule has 1 N–H and O–H groups in total. The van der Waals surface area contributed by atoms with E-state index in [4.69, 9.17) is 22.3 Å². The highest BCUT2D eigenvalue weighted by molar-refractivity contribution is 8.12. The summed E-state index contributed by atoms with van der Waals surface area (Å²) in [5.41, 5.74) is 0. The van der Waals surface area contributed by atoms with E-state index in [1.807, 2.05) is 0 Å². The number of halogens is 2. The second-order valence-electron chi connectivity index (χ2n) is 2.38. The van der Waals surface area contributed by atoms with Crippen molar-refractivity contribution in [3.8, 4) is 5.75 Å². The molecular formula is C7H5Cl2NO4S. The molecule has 0 aliphatic carbocycles. The Balaban J connectivity index is 2.63. The number of carbonyl (C=O) groups excluding carboxylic acids is 1. The van der Waals surface area contributed by atoms with E-state index in [-0.39, 0.29) is 5.75 Å². The van der Waals surface area contributed by atoms with E-state index in [0.717, 1.165) is 0 Å². The van der Waals surface area contributed by atoms with E-state index < -0.39 is 15.3 Å². The fourth-order valence-electron chi connectivity index (χ4n) is 0.730. The van der Waals surface area contributed by atoms with Gasteiger partial charge in [0, 0.05) is 15.7 Å². The van der Waals surface area contributed by atoms with Crippen LogP contribution in [0.1, 0.15) is 0 Å². The van der Waals surface area contributed by atoms with Crippen LogP contribution in [-0.2, 0) is 9.24 Å². The van der Waals surface area contributed by atoms with Crippen molar-refractivity contribution in [3.63, 3.8) is 0 Å². The molecule has 1 aromatic carbocycles. The third-order valence-electron chi connectivity index (χ3n) is 1.23. The lowest BCUT2D eigenvalue weighted by Gasteiger charge is -2.03. The van der Waals surface area contributed by atoms with Crippen LogP contribution in [0.15, 0.2) is 24.3 Å². The first kappa shape index (κ1) is 12.1. The standard InChI is InChI=1S/C7H5Cl2NO4S/c8-5-1-3-6(4-2-5)14-7(11)10-15(9,12)13/h1-4H,(H,10,11). The van der Waals surface area contributed by atoms with E-state index in [1.165, 1.54) is 29.0 Å². The zero-order chi connectivity index (χ0) is 11.5. The van der Waals surface area contributed by atoms with Crippen LogP contribution in [0, 0.1) is 0 Å². The molecule has 0 aliphatic heterocycles. The number of rotatable bonds is 2. The van der Waals surface area contributed by atoms with Gasteiger partial charge in [-0.1, -0.05) is 11.6 Å². The summed E-state index contributed by atoms with van der Waals surface area (Å²) in [5, 5.41) is 0.465. The first-order valence-electron chi connectivity index (χ1n) is 3.56. The third-order valence-corrected chi connectivity index (χ3v) is 2.12. The van der Waals surface area contributed by atoms with Crippen molar-refractivity contribution in [2.24, 2.45) is 0 Å². The minimum atomic E-state index is -4.13. The van der Waals surface area contributed by atoms with Crippen molar-refractivity contribution >= 4 is 37.6 Å². The second kappa shape index (κ2) is 4.69. The molecule has 0 bridgehead atoms. The van der Waals surface area contributed by atoms with Crippen LogP contribution in [0.5, 0.6) is 5.75 Å². The maximum atomic E-state index is 10.9. The predicted molar refractivity (Wildman–Crippen MR) is 55.4 cm³/mol. The molecule has 1 aromatic rings. The van der Waals surface area contributed by atoms with Crippen molar-refractivity contribution < 1.29 is 17.9 Å². The Morgan fingerprint density at radius 3 is 2.27 bits per heavy atom. The van der Waals surface area contributed by atoms with Crippen molar-refractivity contribution in [2.45, 2.75) is 0 Å². The van der Waals surface area contributed by atoms with E-state index in [1.54, 1.807) is 0 Å². The van der Waals surface area contributed by atoms with Crippen LogP contribution >= 0.6 is 22.3 Å². The van der Waals surface area contributed by atoms with Crippen LogP contribution in [0.2, 0.25) is 5.02 Å². The third kappa shape index (κ3) is 4.87. The zero-order valence-corrected chi connectivity index (χ0v) is 9.43. The normalized spacial score (nSPS) is 10.8. The summed E-state index contributed by atoms with van der Waals surface area (Å²) in [7, 11) is 0.629. The average molecular weight is 270 g/mol. The molecule has 0 aliphatic rings. The van der Waals surface area contributed by atoms with Crippen molar-refractivity contribution in [1.82, 2.24) is 4.72 Å². The maximum Gasteiger partial charge on any atom is 0.427 e. The fraction of sp³-hybridized carbons (Fsp3) is 0. The summed E-state index contributed by atoms with van der Waals surface area (Å²) in [6.07, 6.45) is -1.19. The minimum absolute atomic E-state index is 0.150. The Morgan fingerprint density at radius 1 is 1.27 bits per heavy atom. The van der Waals surface area contributed by atoms with Gasteiger partial charge in [0.1, 0.15) is 5.75 Å². The van der Waals surface area contributed by atoms with Gasteiger partial charge in [0.15, 0.2) is 0 Å². The average Bonchev–Trinajstić information content (AvgIpc) is 2.05. The van der Waals surface area contributed by atoms with Crippen molar-refractivity contribution in [1.29, 1.82) is 0 Å². The molecule has 0 saturated carbocycles. The lowest BCUT2D eigenvalue weighted by atomic mass is 10.3. The number of nitrogens with one attached hydrogen (secondary N) is 1. The van der Waals surface area contributed by atoms with E-state index in [0.29, 0.717) is 5.02 Å². The highest BCUT2D eigenvalue weighted by atomic mass is 35.7. The highest BCUT2D eigenvalue weighted by Gasteiger charge is 2.12. The summed E-state index contributed by atoms with van der Waals surface area (Å²) >= 11 is 5.58. The Hall–Kier alpha value is -0.980. The van der Waals surface area contributed by atoms with Gasteiger partial charge in [-0.25, -0.2) is 9.52 Å². The molecule has 0 heterocycles. The highest BCUT2D eigenvalue weighted by Crippen LogP contribution is 2.15. The molecule has 0 aromatic heterocycles. The number of benzene rings is 1. The van der Waals surface area contributed by atoms with E-state index in [9.17, 15) is 13.2 Å². The molecule has 15 heavy (non-hydrogen) atoms. The van der Waals surface area contributed by atoms with Gasteiger partial charge >= 0.3 is 15.3 Å². The molecule has 82 valence electrons. The predicted octanol–water partition coefficient (Wildman–Crippen LogP) is 1.91. The first-order valence-corrected chi connectivity index (χ1v) is 6.25. The number of hydrogen-bond acceptors (Lipinski definition) is 4. The lowest BCUT2D eigenvalue weighted by molar-refractivity contribution is 0.207. The number of amides is 1. The summed E-state index contributed by atoms with van der Waals surface area (Å²) in [6.45, 7) is 0. The van der Waals surface area contributed by atoms with Crippen LogP contribution in [-0.4, -0.2) is 14.5 Å². The molecule has 0 radical (unpaired) electrons. The number of carbonyl (C=O) groups is 1. The van der Waals surface area contributed by atoms with Crippen molar-refractivity contribution in [2.75, 3.05) is 0 Å². The summed E-state index contributed by atoms with van der Waals surface area (Å²) in [6, 6.07) is 5.78. The van der Waals surface area contributed by atoms with Gasteiger partial charge in [0.25, 0.3) is 0 Å². The number of ether oxygens (including phenoxy) is 1. The van der Waals surface area contributed by atoms with Crippen LogP contribution in [0.25, 0.3) is 0 Å². The van der Waals surface area contributed by atoms with Gasteiger partial charge in [-0.2, -0.15) is 8.42 Å². The van der Waals surface area contributed by atoms with Gasteiger partial charge in [-0.3, -0.25) is 0 Å². The van der Waals surface area contributed by atoms with E-state index in [2.05, 4.69) is 4.74 Å².